The molecule has 112 valence electrons. The lowest BCUT2D eigenvalue weighted by Gasteiger charge is -2.17. The highest BCUT2D eigenvalue weighted by atomic mass is 16.5. The Morgan fingerprint density at radius 3 is 2.55 bits per heavy atom. The van der Waals surface area contributed by atoms with Gasteiger partial charge in [-0.1, -0.05) is 44.1 Å². The van der Waals surface area contributed by atoms with Gasteiger partial charge >= 0.3 is 0 Å². The van der Waals surface area contributed by atoms with Gasteiger partial charge in [-0.25, -0.2) is 0 Å². The largest absolute Gasteiger partial charge is 0.497 e. The molecule has 0 spiro atoms. The molecule has 0 heterocycles. The first-order valence-corrected chi connectivity index (χ1v) is 7.26. The van der Waals surface area contributed by atoms with Gasteiger partial charge in [-0.15, -0.1) is 0 Å². The summed E-state index contributed by atoms with van der Waals surface area (Å²) in [7, 11) is 1.65. The normalized spacial score (nSPS) is 14.4. The Labute approximate surface area is 122 Å². The zero-order chi connectivity index (χ0) is 14.8. The zero-order valence-corrected chi connectivity index (χ0v) is 12.7. The average Bonchev–Trinajstić information content (AvgIpc) is 2.49. The first-order chi connectivity index (χ1) is 9.67. The smallest absolute Gasteiger partial charge is 0.118 e. The second kappa shape index (κ2) is 9.56. The van der Waals surface area contributed by atoms with Gasteiger partial charge in [0.25, 0.3) is 0 Å². The zero-order valence-electron chi connectivity index (χ0n) is 12.7. The number of allylic oxidation sites excluding steroid dienone is 1. The van der Waals surface area contributed by atoms with Gasteiger partial charge in [0, 0.05) is 0 Å². The van der Waals surface area contributed by atoms with Gasteiger partial charge < -0.3 is 14.6 Å². The molecule has 0 aromatic heterocycles. The van der Waals surface area contributed by atoms with Gasteiger partial charge in [-0.2, -0.15) is 0 Å². The number of unbranched alkanes of at least 4 members (excludes halogenated alkanes) is 2. The van der Waals surface area contributed by atoms with Gasteiger partial charge in [0.15, 0.2) is 0 Å². The molecule has 0 aliphatic rings. The highest BCUT2D eigenvalue weighted by Crippen LogP contribution is 2.13. The molecular formula is C17H26O3. The molecule has 0 amide bonds. The third-order valence-corrected chi connectivity index (χ3v) is 3.21. The van der Waals surface area contributed by atoms with E-state index >= 15 is 0 Å². The van der Waals surface area contributed by atoms with E-state index in [1.165, 1.54) is 6.42 Å². The van der Waals surface area contributed by atoms with E-state index < -0.39 is 6.10 Å². The number of hydrogen-bond donors (Lipinski definition) is 1. The summed E-state index contributed by atoms with van der Waals surface area (Å²) >= 11 is 0. The molecule has 20 heavy (non-hydrogen) atoms. The molecule has 3 heteroatoms. The Balaban J connectivity index is 2.33. The van der Waals surface area contributed by atoms with Crippen molar-refractivity contribution in [2.24, 2.45) is 0 Å². The summed E-state index contributed by atoms with van der Waals surface area (Å²) in [6, 6.07) is 7.75. The summed E-state index contributed by atoms with van der Waals surface area (Å²) in [6.07, 6.45) is 6.43. The third kappa shape index (κ3) is 6.22. The van der Waals surface area contributed by atoms with Crippen molar-refractivity contribution >= 4 is 0 Å². The first kappa shape index (κ1) is 16.7. The van der Waals surface area contributed by atoms with E-state index in [0.717, 1.165) is 24.2 Å². The molecule has 0 fully saturated rings. The molecule has 0 aliphatic heterocycles. The van der Waals surface area contributed by atoms with Crippen LogP contribution in [0.4, 0.5) is 0 Å². The molecule has 0 saturated carbocycles. The Bertz CT molecular complexity index is 384. The molecule has 2 atom stereocenters. The van der Waals surface area contributed by atoms with Crippen LogP contribution < -0.4 is 4.74 Å². The summed E-state index contributed by atoms with van der Waals surface area (Å²) in [5, 5.41) is 9.95. The van der Waals surface area contributed by atoms with Gasteiger partial charge in [0.2, 0.25) is 0 Å². The Morgan fingerprint density at radius 1 is 1.25 bits per heavy atom. The van der Waals surface area contributed by atoms with E-state index in [0.29, 0.717) is 6.61 Å². The fourth-order valence-electron chi connectivity index (χ4n) is 1.76. The van der Waals surface area contributed by atoms with Crippen molar-refractivity contribution in [1.29, 1.82) is 0 Å². The number of ether oxygens (including phenoxy) is 2. The molecule has 3 nitrogen and oxygen atoms in total. The van der Waals surface area contributed by atoms with Crippen LogP contribution in [0.3, 0.4) is 0 Å². The SMILES string of the molecule is CCCC/C=C/[C@H](O)[C@H](C)OCc1ccc(OC)cc1. The standard InChI is InChI=1S/C17H26O3/c1-4-5-6-7-8-17(18)14(2)20-13-15-9-11-16(19-3)12-10-15/h7-12,14,17-18H,4-6,13H2,1-3H3/b8-7+/t14-,17-/m0/s1. The van der Waals surface area contributed by atoms with Gasteiger partial charge in [-0.05, 0) is 31.0 Å². The fraction of sp³-hybridized carbons (Fsp3) is 0.529. The van der Waals surface area contributed by atoms with Crippen LogP contribution in [0, 0.1) is 0 Å². The van der Waals surface area contributed by atoms with E-state index in [1.54, 1.807) is 7.11 Å². The minimum Gasteiger partial charge on any atom is -0.497 e. The summed E-state index contributed by atoms with van der Waals surface area (Å²) < 4.78 is 10.8. The molecule has 1 rings (SSSR count). The molecule has 0 unspecified atom stereocenters. The first-order valence-electron chi connectivity index (χ1n) is 7.26. The van der Waals surface area contributed by atoms with Crippen LogP contribution in [0.15, 0.2) is 36.4 Å². The van der Waals surface area contributed by atoms with Crippen molar-refractivity contribution in [1.82, 2.24) is 0 Å². The van der Waals surface area contributed by atoms with Crippen LogP contribution in [0.25, 0.3) is 0 Å². The summed E-state index contributed by atoms with van der Waals surface area (Å²) in [5.74, 6) is 0.834. The maximum absolute atomic E-state index is 9.95. The maximum Gasteiger partial charge on any atom is 0.118 e. The van der Waals surface area contributed by atoms with Crippen molar-refractivity contribution in [2.75, 3.05) is 7.11 Å². The lowest BCUT2D eigenvalue weighted by Crippen LogP contribution is -2.23. The number of aliphatic hydroxyl groups is 1. The van der Waals surface area contributed by atoms with Crippen LogP contribution in [0.1, 0.15) is 38.7 Å². The van der Waals surface area contributed by atoms with Gasteiger partial charge in [0.05, 0.1) is 25.9 Å². The second-order valence-corrected chi connectivity index (χ2v) is 4.93. The van der Waals surface area contributed by atoms with E-state index in [-0.39, 0.29) is 6.10 Å². The monoisotopic (exact) mass is 278 g/mol. The highest BCUT2D eigenvalue weighted by Gasteiger charge is 2.11. The Kier molecular flexibility index (Phi) is 8.00. The summed E-state index contributed by atoms with van der Waals surface area (Å²) in [4.78, 5) is 0. The molecular weight excluding hydrogens is 252 g/mol. The molecule has 0 saturated heterocycles. The molecule has 0 bridgehead atoms. The van der Waals surface area contributed by atoms with E-state index in [4.69, 9.17) is 9.47 Å². The lowest BCUT2D eigenvalue weighted by molar-refractivity contribution is -0.0153. The second-order valence-electron chi connectivity index (χ2n) is 4.93. The number of rotatable bonds is 9. The maximum atomic E-state index is 9.95. The van der Waals surface area contributed by atoms with Crippen LogP contribution >= 0.6 is 0 Å². The molecule has 1 aromatic rings. The predicted octanol–water partition coefficient (Wildman–Crippen LogP) is 3.71. The van der Waals surface area contributed by atoms with Gasteiger partial charge in [-0.3, -0.25) is 0 Å². The quantitative estimate of drug-likeness (QED) is 0.553. The van der Waals surface area contributed by atoms with Crippen molar-refractivity contribution in [3.05, 3.63) is 42.0 Å². The minimum atomic E-state index is -0.551. The Morgan fingerprint density at radius 2 is 1.95 bits per heavy atom. The van der Waals surface area contributed by atoms with E-state index in [9.17, 15) is 5.11 Å². The number of aliphatic hydroxyl groups excluding tert-OH is 1. The van der Waals surface area contributed by atoms with Crippen LogP contribution in [0.2, 0.25) is 0 Å². The van der Waals surface area contributed by atoms with Gasteiger partial charge in [0.1, 0.15) is 5.75 Å². The lowest BCUT2D eigenvalue weighted by atomic mass is 10.1. The average molecular weight is 278 g/mol. The fourth-order valence-corrected chi connectivity index (χ4v) is 1.76. The van der Waals surface area contributed by atoms with Crippen LogP contribution in [-0.2, 0) is 11.3 Å². The molecule has 1 N–H and O–H groups in total. The Hall–Kier alpha value is -1.32. The van der Waals surface area contributed by atoms with E-state index in [2.05, 4.69) is 6.92 Å². The van der Waals surface area contributed by atoms with Crippen molar-refractivity contribution < 1.29 is 14.6 Å². The number of hydrogen-bond acceptors (Lipinski definition) is 3. The number of methoxy groups -OCH3 is 1. The molecule has 0 radical (unpaired) electrons. The van der Waals surface area contributed by atoms with Crippen LogP contribution in [-0.4, -0.2) is 24.4 Å². The van der Waals surface area contributed by atoms with Crippen LogP contribution in [0.5, 0.6) is 5.75 Å². The number of benzene rings is 1. The molecule has 1 aromatic carbocycles. The third-order valence-electron chi connectivity index (χ3n) is 3.21. The minimum absolute atomic E-state index is 0.213. The van der Waals surface area contributed by atoms with Crippen molar-refractivity contribution in [3.8, 4) is 5.75 Å². The summed E-state index contributed by atoms with van der Waals surface area (Å²) in [5.41, 5.74) is 1.07. The van der Waals surface area contributed by atoms with Crippen molar-refractivity contribution in [3.63, 3.8) is 0 Å². The van der Waals surface area contributed by atoms with Crippen molar-refractivity contribution in [2.45, 2.75) is 51.9 Å². The topological polar surface area (TPSA) is 38.7 Å². The molecule has 0 aliphatic carbocycles. The summed E-state index contributed by atoms with van der Waals surface area (Å²) in [6.45, 7) is 4.54. The highest BCUT2D eigenvalue weighted by molar-refractivity contribution is 5.26. The van der Waals surface area contributed by atoms with E-state index in [1.807, 2.05) is 43.3 Å². The predicted molar refractivity (Wildman–Crippen MR) is 81.9 cm³/mol.